The summed E-state index contributed by atoms with van der Waals surface area (Å²) in [7, 11) is -3.18. The van der Waals surface area contributed by atoms with E-state index in [1.54, 1.807) is 30.5 Å². The largest absolute Gasteiger partial charge is 0.245 e. The average molecular weight is 194 g/mol. The minimum Gasteiger partial charge on any atom is -0.245 e. The van der Waals surface area contributed by atoms with Crippen molar-refractivity contribution in [2.24, 2.45) is 0 Å². The Balaban J connectivity index is 2.87. The van der Waals surface area contributed by atoms with Crippen LogP contribution >= 0.6 is 0 Å². The van der Waals surface area contributed by atoms with Gasteiger partial charge in [0.1, 0.15) is 0 Å². The van der Waals surface area contributed by atoms with Crippen molar-refractivity contribution < 1.29 is 8.42 Å². The first-order valence-electron chi connectivity index (χ1n) is 3.77. The predicted molar refractivity (Wildman–Crippen MR) is 51.0 cm³/mol. The number of aromatic nitrogens is 1. The molecule has 0 spiro atoms. The van der Waals surface area contributed by atoms with E-state index in [-0.39, 0.29) is 0 Å². The maximum Gasteiger partial charge on any atom is 0.236 e. The van der Waals surface area contributed by atoms with E-state index in [4.69, 9.17) is 0 Å². The van der Waals surface area contributed by atoms with E-state index in [9.17, 15) is 8.42 Å². The molecule has 1 aromatic heterocycles. The predicted octanol–water partition coefficient (Wildman–Crippen LogP) is 1.25. The third-order valence-electron chi connectivity index (χ3n) is 1.86. The van der Waals surface area contributed by atoms with Crippen molar-refractivity contribution in [1.82, 2.24) is 3.97 Å². The van der Waals surface area contributed by atoms with Crippen LogP contribution in [-0.2, 0) is 10.0 Å². The lowest BCUT2D eigenvalue weighted by atomic mass is 10.3. The second-order valence-corrected chi connectivity index (χ2v) is 4.72. The van der Waals surface area contributed by atoms with Gasteiger partial charge in [-0.15, -0.1) is 0 Å². The Morgan fingerprint density at radius 2 is 2.15 bits per heavy atom. The zero-order chi connectivity index (χ0) is 9.47. The molecule has 2 aromatic rings. The van der Waals surface area contributed by atoms with E-state index in [1.807, 2.05) is 0 Å². The van der Waals surface area contributed by atoms with Crippen molar-refractivity contribution in [2.75, 3.05) is 6.26 Å². The van der Waals surface area contributed by atoms with Crippen molar-refractivity contribution in [3.63, 3.8) is 0 Å². The van der Waals surface area contributed by atoms with Gasteiger partial charge in [0.25, 0.3) is 0 Å². The van der Waals surface area contributed by atoms with Crippen molar-refractivity contribution in [3.05, 3.63) is 36.5 Å². The van der Waals surface area contributed by atoms with Gasteiger partial charge >= 0.3 is 0 Å². The summed E-state index contributed by atoms with van der Waals surface area (Å²) in [6, 6.07) is 9.84. The second-order valence-electron chi connectivity index (χ2n) is 2.86. The molecule has 3 nitrogen and oxygen atoms in total. The molecule has 0 amide bonds. The highest BCUT2D eigenvalue weighted by atomic mass is 32.2. The van der Waals surface area contributed by atoms with E-state index in [2.05, 4.69) is 6.07 Å². The zero-order valence-corrected chi connectivity index (χ0v) is 7.88. The number of benzene rings is 1. The van der Waals surface area contributed by atoms with Gasteiger partial charge < -0.3 is 0 Å². The molecule has 0 aliphatic carbocycles. The number of nitrogens with zero attached hydrogens (tertiary/aromatic N) is 1. The van der Waals surface area contributed by atoms with Gasteiger partial charge in [-0.3, -0.25) is 0 Å². The van der Waals surface area contributed by atoms with Crippen molar-refractivity contribution in [3.8, 4) is 0 Å². The molecule has 0 atom stereocenters. The molecular weight excluding hydrogens is 186 g/mol. The van der Waals surface area contributed by atoms with Crippen LogP contribution < -0.4 is 0 Å². The van der Waals surface area contributed by atoms with E-state index >= 15 is 0 Å². The minimum atomic E-state index is -3.18. The maximum atomic E-state index is 11.3. The molecule has 13 heavy (non-hydrogen) atoms. The molecule has 67 valence electrons. The summed E-state index contributed by atoms with van der Waals surface area (Å²) in [4.78, 5) is 0. The van der Waals surface area contributed by atoms with Crippen molar-refractivity contribution in [2.45, 2.75) is 0 Å². The van der Waals surface area contributed by atoms with Gasteiger partial charge in [0.15, 0.2) is 0 Å². The lowest BCUT2D eigenvalue weighted by molar-refractivity contribution is 0.595. The Morgan fingerprint density at radius 3 is 2.85 bits per heavy atom. The molecular formula is C9H8NO2S. The van der Waals surface area contributed by atoms with Crippen LogP contribution in [0.2, 0.25) is 0 Å². The second kappa shape index (κ2) is 2.60. The van der Waals surface area contributed by atoms with Gasteiger partial charge in [-0.25, -0.2) is 12.4 Å². The maximum absolute atomic E-state index is 11.3. The third-order valence-corrected chi connectivity index (χ3v) is 2.89. The number of rotatable bonds is 1. The lowest BCUT2D eigenvalue weighted by Crippen LogP contribution is -2.07. The SMILES string of the molecule is CS(=O)(=O)n1ccc2c[c]ccc21. The Hall–Kier alpha value is -1.29. The first-order valence-corrected chi connectivity index (χ1v) is 5.61. The van der Waals surface area contributed by atoms with E-state index in [1.165, 1.54) is 10.2 Å². The topological polar surface area (TPSA) is 39.1 Å². The molecule has 2 rings (SSSR count). The van der Waals surface area contributed by atoms with Crippen LogP contribution in [0.15, 0.2) is 30.5 Å². The summed E-state index contributed by atoms with van der Waals surface area (Å²) in [6.45, 7) is 0. The first-order chi connectivity index (χ1) is 6.09. The molecule has 0 unspecified atom stereocenters. The zero-order valence-electron chi connectivity index (χ0n) is 7.06. The quantitative estimate of drug-likeness (QED) is 0.685. The Kier molecular flexibility index (Phi) is 1.66. The van der Waals surface area contributed by atoms with Crippen molar-refractivity contribution in [1.29, 1.82) is 0 Å². The van der Waals surface area contributed by atoms with Crippen LogP contribution in [0, 0.1) is 6.07 Å². The molecule has 0 N–H and O–H groups in total. The smallest absolute Gasteiger partial charge is 0.236 e. The van der Waals surface area contributed by atoms with Gasteiger partial charge in [-0.05, 0) is 24.3 Å². The molecule has 0 fully saturated rings. The van der Waals surface area contributed by atoms with Crippen LogP contribution in [0.1, 0.15) is 0 Å². The Labute approximate surface area is 76.7 Å². The summed E-state index contributed by atoms with van der Waals surface area (Å²) >= 11 is 0. The molecule has 0 bridgehead atoms. The highest BCUT2D eigenvalue weighted by Crippen LogP contribution is 2.15. The van der Waals surface area contributed by atoms with Gasteiger partial charge in [0, 0.05) is 11.6 Å². The van der Waals surface area contributed by atoms with E-state index in [0.29, 0.717) is 5.52 Å². The molecule has 1 radical (unpaired) electrons. The van der Waals surface area contributed by atoms with Gasteiger partial charge in [-0.1, -0.05) is 6.07 Å². The summed E-state index contributed by atoms with van der Waals surface area (Å²) < 4.78 is 23.8. The van der Waals surface area contributed by atoms with Crippen LogP contribution in [0.25, 0.3) is 10.9 Å². The standard InChI is InChI=1S/C9H8NO2S/c1-13(11,12)10-7-6-8-4-2-3-5-9(8)10/h3-7H,1H3. The Morgan fingerprint density at radius 1 is 1.38 bits per heavy atom. The minimum absolute atomic E-state index is 0.696. The van der Waals surface area contributed by atoms with Crippen LogP contribution in [0.5, 0.6) is 0 Å². The van der Waals surface area contributed by atoms with Gasteiger partial charge in [0.2, 0.25) is 10.0 Å². The fourth-order valence-electron chi connectivity index (χ4n) is 1.29. The fourth-order valence-corrected chi connectivity index (χ4v) is 2.09. The van der Waals surface area contributed by atoms with Gasteiger partial charge in [0.05, 0.1) is 11.8 Å². The monoisotopic (exact) mass is 194 g/mol. The molecule has 0 saturated heterocycles. The average Bonchev–Trinajstić information content (AvgIpc) is 2.45. The number of hydrogen-bond acceptors (Lipinski definition) is 2. The molecule has 1 aromatic carbocycles. The summed E-state index contributed by atoms with van der Waals surface area (Å²) in [5.41, 5.74) is 0.696. The molecule has 4 heteroatoms. The van der Waals surface area contributed by atoms with Crippen molar-refractivity contribution >= 4 is 20.9 Å². The van der Waals surface area contributed by atoms with Crippen LogP contribution in [-0.4, -0.2) is 18.6 Å². The number of hydrogen-bond donors (Lipinski definition) is 0. The molecule has 0 saturated carbocycles. The third kappa shape index (κ3) is 1.33. The van der Waals surface area contributed by atoms with Crippen LogP contribution in [0.4, 0.5) is 0 Å². The van der Waals surface area contributed by atoms with Crippen LogP contribution in [0.3, 0.4) is 0 Å². The summed E-state index contributed by atoms with van der Waals surface area (Å²) in [5.74, 6) is 0. The lowest BCUT2D eigenvalue weighted by Gasteiger charge is -2.00. The molecule has 0 aliphatic heterocycles. The highest BCUT2D eigenvalue weighted by molar-refractivity contribution is 7.89. The van der Waals surface area contributed by atoms with E-state index in [0.717, 1.165) is 5.39 Å². The van der Waals surface area contributed by atoms with E-state index < -0.39 is 10.0 Å². The normalized spacial score (nSPS) is 12.1. The molecule has 0 aliphatic rings. The Bertz CT molecular complexity index is 539. The highest BCUT2D eigenvalue weighted by Gasteiger charge is 2.07. The fraction of sp³-hybridized carbons (Fsp3) is 0.111. The first kappa shape index (κ1) is 8.31. The summed E-state index contributed by atoms with van der Waals surface area (Å²) in [5, 5.41) is 0.882. The summed E-state index contributed by atoms with van der Waals surface area (Å²) in [6.07, 6.45) is 2.73. The van der Waals surface area contributed by atoms with Gasteiger partial charge in [-0.2, -0.15) is 0 Å². The number of fused-ring (bicyclic) bond motifs is 1. The molecule has 1 heterocycles.